The van der Waals surface area contributed by atoms with E-state index in [1.807, 2.05) is 12.1 Å². The number of hydrogen-bond donors (Lipinski definition) is 2. The summed E-state index contributed by atoms with van der Waals surface area (Å²) in [4.78, 5) is 4.38. The minimum absolute atomic E-state index is 0.706. The topological polar surface area (TPSA) is 50.1 Å². The van der Waals surface area contributed by atoms with E-state index < -0.39 is 0 Å². The molecule has 0 atom stereocenters. The second-order valence-electron chi connectivity index (χ2n) is 5.56. The van der Waals surface area contributed by atoms with Gasteiger partial charge in [-0.25, -0.2) is 4.98 Å². The maximum atomic E-state index is 5.38. The van der Waals surface area contributed by atoms with Crippen LogP contribution in [0.15, 0.2) is 29.0 Å². The third-order valence-electron chi connectivity index (χ3n) is 4.09. The fraction of sp³-hybridized carbons (Fsp3) is 0.562. The molecule has 2 N–H and O–H groups in total. The highest BCUT2D eigenvalue weighted by Gasteiger charge is 2.11. The first-order valence-electron chi connectivity index (χ1n) is 7.73. The van der Waals surface area contributed by atoms with Crippen LogP contribution in [0.25, 0.3) is 11.0 Å². The Hall–Kier alpha value is -1.55. The van der Waals surface area contributed by atoms with Gasteiger partial charge in [0.1, 0.15) is 11.4 Å². The number of hydrogen-bond acceptors (Lipinski definition) is 4. The quantitative estimate of drug-likeness (QED) is 0.646. The summed E-state index contributed by atoms with van der Waals surface area (Å²) in [6.07, 6.45) is 11.7. The first-order valence-corrected chi connectivity index (χ1v) is 7.73. The summed E-state index contributed by atoms with van der Waals surface area (Å²) in [6.45, 7) is 1.88. The van der Waals surface area contributed by atoms with Crippen LogP contribution >= 0.6 is 0 Å². The van der Waals surface area contributed by atoms with Crippen LogP contribution in [0.2, 0.25) is 0 Å². The van der Waals surface area contributed by atoms with Gasteiger partial charge >= 0.3 is 0 Å². The van der Waals surface area contributed by atoms with Crippen LogP contribution in [0.4, 0.5) is 5.82 Å². The molecule has 1 aliphatic rings. The van der Waals surface area contributed by atoms with Gasteiger partial charge in [-0.15, -0.1) is 0 Å². The van der Waals surface area contributed by atoms with Gasteiger partial charge in [-0.1, -0.05) is 25.7 Å². The number of pyridine rings is 1. The fourth-order valence-corrected chi connectivity index (χ4v) is 2.98. The maximum absolute atomic E-state index is 5.38. The summed E-state index contributed by atoms with van der Waals surface area (Å²) < 4.78 is 5.38. The molecule has 3 rings (SSSR count). The minimum atomic E-state index is 0.706. The normalized spacial score (nSPS) is 17.2. The van der Waals surface area contributed by atoms with E-state index in [-0.39, 0.29) is 0 Å². The molecule has 2 aromatic rings. The second-order valence-corrected chi connectivity index (χ2v) is 5.56. The van der Waals surface area contributed by atoms with Crippen molar-refractivity contribution in [3.05, 3.63) is 24.6 Å². The van der Waals surface area contributed by atoms with Crippen LogP contribution in [0.1, 0.15) is 38.5 Å². The molecular formula is C16H23N3O. The molecule has 4 heteroatoms. The van der Waals surface area contributed by atoms with E-state index in [2.05, 4.69) is 15.6 Å². The number of anilines is 1. The highest BCUT2D eigenvalue weighted by Crippen LogP contribution is 2.21. The van der Waals surface area contributed by atoms with Gasteiger partial charge in [0.15, 0.2) is 0 Å². The Kier molecular flexibility index (Phi) is 4.53. The Bertz CT molecular complexity index is 529. The lowest BCUT2D eigenvalue weighted by molar-refractivity contribution is 0.468. The molecule has 0 spiro atoms. The van der Waals surface area contributed by atoms with E-state index in [0.29, 0.717) is 6.04 Å². The molecule has 0 radical (unpaired) electrons. The molecule has 0 aromatic carbocycles. The number of fused-ring (bicyclic) bond motifs is 1. The Morgan fingerprint density at radius 2 is 1.95 bits per heavy atom. The zero-order valence-electron chi connectivity index (χ0n) is 11.9. The zero-order valence-corrected chi connectivity index (χ0v) is 11.9. The molecular weight excluding hydrogens is 250 g/mol. The predicted molar refractivity (Wildman–Crippen MR) is 82.0 cm³/mol. The van der Waals surface area contributed by atoms with Crippen LogP contribution in [-0.4, -0.2) is 24.1 Å². The molecule has 0 aliphatic heterocycles. The Morgan fingerprint density at radius 3 is 2.80 bits per heavy atom. The molecule has 2 heterocycles. The molecule has 0 unspecified atom stereocenters. The Morgan fingerprint density at radius 1 is 1.10 bits per heavy atom. The summed E-state index contributed by atoms with van der Waals surface area (Å²) >= 11 is 0. The van der Waals surface area contributed by atoms with Gasteiger partial charge in [-0.3, -0.25) is 0 Å². The molecule has 1 saturated carbocycles. The molecule has 0 saturated heterocycles. The van der Waals surface area contributed by atoms with Gasteiger partial charge < -0.3 is 15.1 Å². The van der Waals surface area contributed by atoms with Crippen LogP contribution < -0.4 is 10.6 Å². The largest absolute Gasteiger partial charge is 0.464 e. The lowest BCUT2D eigenvalue weighted by Crippen LogP contribution is -2.32. The maximum Gasteiger partial charge on any atom is 0.139 e. The first-order chi connectivity index (χ1) is 9.93. The van der Waals surface area contributed by atoms with Gasteiger partial charge in [0.2, 0.25) is 0 Å². The summed E-state index contributed by atoms with van der Waals surface area (Å²) in [5.41, 5.74) is 0.888. The molecule has 1 aliphatic carbocycles. The molecule has 2 aromatic heterocycles. The van der Waals surface area contributed by atoms with Crippen molar-refractivity contribution in [3.8, 4) is 0 Å². The third-order valence-corrected chi connectivity index (χ3v) is 4.09. The van der Waals surface area contributed by atoms with Crippen molar-refractivity contribution < 1.29 is 4.42 Å². The minimum Gasteiger partial charge on any atom is -0.464 e. The van der Waals surface area contributed by atoms with Crippen molar-refractivity contribution in [3.63, 3.8) is 0 Å². The standard InChI is InChI=1S/C16H23N3O/c1-2-4-6-13(5-3-1)17-10-11-19-16-14-8-12-20-15(14)7-9-18-16/h7-9,12-13,17H,1-6,10-11H2,(H,18,19). The fourth-order valence-electron chi connectivity index (χ4n) is 2.98. The number of furan rings is 1. The highest BCUT2D eigenvalue weighted by molar-refractivity contribution is 5.87. The van der Waals surface area contributed by atoms with Gasteiger partial charge in [0.25, 0.3) is 0 Å². The summed E-state index contributed by atoms with van der Waals surface area (Å²) in [5, 5.41) is 8.11. The third kappa shape index (κ3) is 3.31. The molecule has 0 bridgehead atoms. The van der Waals surface area contributed by atoms with Gasteiger partial charge in [-0.2, -0.15) is 0 Å². The number of nitrogens with one attached hydrogen (secondary N) is 2. The van der Waals surface area contributed by atoms with E-state index in [4.69, 9.17) is 4.42 Å². The van der Waals surface area contributed by atoms with E-state index in [1.54, 1.807) is 12.5 Å². The van der Waals surface area contributed by atoms with Crippen molar-refractivity contribution in [2.45, 2.75) is 44.6 Å². The number of aromatic nitrogens is 1. The van der Waals surface area contributed by atoms with Crippen molar-refractivity contribution in [2.75, 3.05) is 18.4 Å². The smallest absolute Gasteiger partial charge is 0.139 e. The molecule has 0 amide bonds. The zero-order chi connectivity index (χ0) is 13.6. The van der Waals surface area contributed by atoms with E-state index >= 15 is 0 Å². The first kappa shape index (κ1) is 13.4. The van der Waals surface area contributed by atoms with Gasteiger partial charge in [0.05, 0.1) is 11.6 Å². The molecule has 108 valence electrons. The SMILES string of the molecule is c1cc2occc2c(NCCNC2CCCCCC2)n1. The van der Waals surface area contributed by atoms with Crippen molar-refractivity contribution in [1.82, 2.24) is 10.3 Å². The Labute approximate surface area is 120 Å². The average molecular weight is 273 g/mol. The monoisotopic (exact) mass is 273 g/mol. The molecule has 20 heavy (non-hydrogen) atoms. The number of nitrogens with zero attached hydrogens (tertiary/aromatic N) is 1. The summed E-state index contributed by atoms with van der Waals surface area (Å²) in [5.74, 6) is 0.916. The van der Waals surface area contributed by atoms with Crippen LogP contribution in [-0.2, 0) is 0 Å². The highest BCUT2D eigenvalue weighted by atomic mass is 16.3. The lowest BCUT2D eigenvalue weighted by atomic mass is 10.1. The van der Waals surface area contributed by atoms with Crippen molar-refractivity contribution >= 4 is 16.8 Å². The van der Waals surface area contributed by atoms with Crippen LogP contribution in [0.3, 0.4) is 0 Å². The van der Waals surface area contributed by atoms with E-state index in [9.17, 15) is 0 Å². The average Bonchev–Trinajstić information content (AvgIpc) is 2.81. The van der Waals surface area contributed by atoms with E-state index in [0.717, 1.165) is 29.9 Å². The van der Waals surface area contributed by atoms with Gasteiger partial charge in [-0.05, 0) is 25.0 Å². The summed E-state index contributed by atoms with van der Waals surface area (Å²) in [7, 11) is 0. The summed E-state index contributed by atoms with van der Waals surface area (Å²) in [6, 6.07) is 4.56. The van der Waals surface area contributed by atoms with Crippen LogP contribution in [0, 0.1) is 0 Å². The lowest BCUT2D eigenvalue weighted by Gasteiger charge is -2.16. The number of rotatable bonds is 5. The van der Waals surface area contributed by atoms with E-state index in [1.165, 1.54) is 38.5 Å². The molecule has 4 nitrogen and oxygen atoms in total. The Balaban J connectivity index is 1.46. The van der Waals surface area contributed by atoms with Crippen molar-refractivity contribution in [1.29, 1.82) is 0 Å². The molecule has 1 fully saturated rings. The van der Waals surface area contributed by atoms with Crippen molar-refractivity contribution in [2.24, 2.45) is 0 Å². The van der Waals surface area contributed by atoms with Gasteiger partial charge in [0, 0.05) is 25.3 Å². The second kappa shape index (κ2) is 6.75. The predicted octanol–water partition coefficient (Wildman–Crippen LogP) is 3.55. The van der Waals surface area contributed by atoms with Crippen LogP contribution in [0.5, 0.6) is 0 Å².